The van der Waals surface area contributed by atoms with Crippen LogP contribution in [0.2, 0.25) is 0 Å². The molecule has 1 aromatic heterocycles. The highest BCUT2D eigenvalue weighted by molar-refractivity contribution is 9.10. The first-order chi connectivity index (χ1) is 20.0. The second kappa shape index (κ2) is 13.2. The van der Waals surface area contributed by atoms with Crippen LogP contribution < -0.4 is 19.8 Å². The van der Waals surface area contributed by atoms with Gasteiger partial charge in [-0.25, -0.2) is 9.78 Å². The Morgan fingerprint density at radius 1 is 1.05 bits per heavy atom. The number of nitrogens with zero attached hydrogens (tertiary/aromatic N) is 3. The lowest BCUT2D eigenvalue weighted by molar-refractivity contribution is -0.149. The minimum Gasteiger partial charge on any atom is -0.496 e. The Morgan fingerprint density at radius 2 is 1.76 bits per heavy atom. The molecule has 9 nitrogen and oxygen atoms in total. The minimum atomic E-state index is -0.491. The molecule has 4 rings (SSSR count). The lowest BCUT2D eigenvalue weighted by Gasteiger charge is -2.17. The summed E-state index contributed by atoms with van der Waals surface area (Å²) in [5, 5.41) is 5.06. The van der Waals surface area contributed by atoms with E-state index < -0.39 is 5.97 Å². The summed E-state index contributed by atoms with van der Waals surface area (Å²) in [5.41, 5.74) is 3.56. The largest absolute Gasteiger partial charge is 0.496 e. The summed E-state index contributed by atoms with van der Waals surface area (Å²) in [6, 6.07) is 14.6. The zero-order valence-electron chi connectivity index (χ0n) is 24.7. The molecule has 0 bridgehead atoms. The first-order valence-electron chi connectivity index (χ1n) is 13.5. The fraction of sp³-hybridized carbons (Fsp3) is 0.312. The summed E-state index contributed by atoms with van der Waals surface area (Å²) >= 11 is 3.50. The molecule has 0 spiro atoms. The number of halogens is 1. The third-order valence-electron chi connectivity index (χ3n) is 6.47. The predicted octanol–water partition coefficient (Wildman–Crippen LogP) is 6.49. The second-order valence-corrected chi connectivity index (χ2v) is 11.1. The lowest BCUT2D eigenvalue weighted by atomic mass is 9.96. The molecular formula is C32H34BrN3O6. The van der Waals surface area contributed by atoms with E-state index in [-0.39, 0.29) is 24.2 Å². The summed E-state index contributed by atoms with van der Waals surface area (Å²) in [6.07, 6.45) is 1.30. The number of hydrogen-bond donors (Lipinski definition) is 0. The zero-order chi connectivity index (χ0) is 30.6. The number of hydrogen-bond acceptors (Lipinski definition) is 8. The molecule has 10 heteroatoms. The Bertz CT molecular complexity index is 1710. The molecule has 1 heterocycles. The third-order valence-corrected chi connectivity index (χ3v) is 7.06. The Morgan fingerprint density at radius 3 is 2.43 bits per heavy atom. The number of esters is 1. The molecule has 0 atom stereocenters. The molecule has 220 valence electrons. The van der Waals surface area contributed by atoms with E-state index in [0.29, 0.717) is 38.3 Å². The summed E-state index contributed by atoms with van der Waals surface area (Å²) < 4.78 is 23.8. The summed E-state index contributed by atoms with van der Waals surface area (Å²) in [7, 11) is 3.14. The molecular weight excluding hydrogens is 602 g/mol. The molecule has 0 aliphatic carbocycles. The molecule has 0 fully saturated rings. The number of methoxy groups -OCH3 is 2. The zero-order valence-corrected chi connectivity index (χ0v) is 26.3. The maximum atomic E-state index is 13.8. The lowest BCUT2D eigenvalue weighted by Crippen LogP contribution is -2.21. The number of carbonyl (C=O) groups excluding carboxylic acids is 1. The van der Waals surface area contributed by atoms with Gasteiger partial charge < -0.3 is 18.9 Å². The Balaban J connectivity index is 1.81. The number of aryl methyl sites for hydroxylation is 1. The standard InChI is InChI=1S/C32H34BrN3O6/c1-18(2)23-15-24(20(5)12-27(23)39-6)31-35-26-11-9-8-10-22(26)32(38)36(31)34-16-21-13-25(33)30(28(14-21)40-7)41-17-29(37)42-19(3)4/h8-16,18-19H,17H2,1-7H3. The van der Waals surface area contributed by atoms with Gasteiger partial charge in [0.1, 0.15) is 5.75 Å². The molecule has 3 aromatic carbocycles. The number of ether oxygens (including phenoxy) is 4. The van der Waals surface area contributed by atoms with E-state index in [0.717, 1.165) is 22.4 Å². The second-order valence-electron chi connectivity index (χ2n) is 10.2. The van der Waals surface area contributed by atoms with Crippen molar-refractivity contribution in [2.75, 3.05) is 20.8 Å². The van der Waals surface area contributed by atoms with Crippen molar-refractivity contribution < 1.29 is 23.7 Å². The average Bonchev–Trinajstić information content (AvgIpc) is 2.95. The van der Waals surface area contributed by atoms with Gasteiger partial charge in [0, 0.05) is 5.56 Å². The average molecular weight is 637 g/mol. The highest BCUT2D eigenvalue weighted by Crippen LogP contribution is 2.37. The minimum absolute atomic E-state index is 0.182. The van der Waals surface area contributed by atoms with Gasteiger partial charge in [0.15, 0.2) is 23.9 Å². The maximum Gasteiger partial charge on any atom is 0.344 e. The van der Waals surface area contributed by atoms with Gasteiger partial charge in [0.05, 0.1) is 41.9 Å². The van der Waals surface area contributed by atoms with Crippen molar-refractivity contribution in [3.63, 3.8) is 0 Å². The predicted molar refractivity (Wildman–Crippen MR) is 167 cm³/mol. The molecule has 0 radical (unpaired) electrons. The van der Waals surface area contributed by atoms with Crippen LogP contribution in [-0.4, -0.2) is 48.8 Å². The Hall–Kier alpha value is -4.18. The number of para-hydroxylation sites is 1. The fourth-order valence-electron chi connectivity index (χ4n) is 4.48. The quantitative estimate of drug-likeness (QED) is 0.145. The van der Waals surface area contributed by atoms with Gasteiger partial charge in [-0.15, -0.1) is 0 Å². The van der Waals surface area contributed by atoms with Crippen LogP contribution in [0.25, 0.3) is 22.3 Å². The number of aromatic nitrogens is 2. The van der Waals surface area contributed by atoms with Crippen LogP contribution in [-0.2, 0) is 9.53 Å². The first kappa shape index (κ1) is 30.8. The fourth-order valence-corrected chi connectivity index (χ4v) is 5.05. The third kappa shape index (κ3) is 6.65. The normalized spacial score (nSPS) is 11.5. The molecule has 0 aliphatic heterocycles. The van der Waals surface area contributed by atoms with Crippen LogP contribution in [0.4, 0.5) is 0 Å². The van der Waals surface area contributed by atoms with E-state index in [1.807, 2.05) is 31.2 Å². The highest BCUT2D eigenvalue weighted by atomic mass is 79.9. The molecule has 0 N–H and O–H groups in total. The summed E-state index contributed by atoms with van der Waals surface area (Å²) in [6.45, 7) is 9.38. The van der Waals surface area contributed by atoms with Crippen LogP contribution in [0.3, 0.4) is 0 Å². The van der Waals surface area contributed by atoms with Gasteiger partial charge in [-0.3, -0.25) is 4.79 Å². The van der Waals surface area contributed by atoms with Gasteiger partial charge in [0.2, 0.25) is 0 Å². The first-order valence-corrected chi connectivity index (χ1v) is 14.3. The smallest absolute Gasteiger partial charge is 0.344 e. The van der Waals surface area contributed by atoms with E-state index >= 15 is 0 Å². The van der Waals surface area contributed by atoms with Gasteiger partial charge in [0.25, 0.3) is 5.56 Å². The van der Waals surface area contributed by atoms with Crippen molar-refractivity contribution in [2.45, 2.75) is 46.6 Å². The number of carbonyl (C=O) groups is 1. The molecule has 0 saturated carbocycles. The SMILES string of the molecule is COc1cc(C)c(-c2nc3ccccc3c(=O)n2N=Cc2cc(Br)c(OCC(=O)OC(C)C)c(OC)c2)cc1C(C)C. The topological polar surface area (TPSA) is 101 Å². The van der Waals surface area contributed by atoms with E-state index in [1.165, 1.54) is 11.8 Å². The van der Waals surface area contributed by atoms with Crippen molar-refractivity contribution in [1.29, 1.82) is 0 Å². The van der Waals surface area contributed by atoms with Crippen LogP contribution in [0.5, 0.6) is 17.2 Å². The molecule has 0 aliphatic rings. The summed E-state index contributed by atoms with van der Waals surface area (Å²) in [5.74, 6) is 1.60. The van der Waals surface area contributed by atoms with Gasteiger partial charge in [-0.05, 0) is 95.7 Å². The Labute approximate surface area is 253 Å². The van der Waals surface area contributed by atoms with Crippen molar-refractivity contribution >= 4 is 39.0 Å². The van der Waals surface area contributed by atoms with Crippen LogP contribution >= 0.6 is 15.9 Å². The van der Waals surface area contributed by atoms with Crippen molar-refractivity contribution in [2.24, 2.45) is 5.10 Å². The monoisotopic (exact) mass is 635 g/mol. The van der Waals surface area contributed by atoms with Crippen LogP contribution in [0, 0.1) is 6.92 Å². The van der Waals surface area contributed by atoms with Crippen molar-refractivity contribution in [3.05, 3.63) is 80.0 Å². The van der Waals surface area contributed by atoms with E-state index in [4.69, 9.17) is 23.9 Å². The van der Waals surface area contributed by atoms with E-state index in [1.54, 1.807) is 51.4 Å². The molecule has 0 amide bonds. The van der Waals surface area contributed by atoms with Gasteiger partial charge in [-0.1, -0.05) is 26.0 Å². The maximum absolute atomic E-state index is 13.8. The highest BCUT2D eigenvalue weighted by Gasteiger charge is 2.19. The van der Waals surface area contributed by atoms with E-state index in [2.05, 4.69) is 34.9 Å². The van der Waals surface area contributed by atoms with Crippen LogP contribution in [0.15, 0.2) is 62.9 Å². The van der Waals surface area contributed by atoms with Crippen molar-refractivity contribution in [3.8, 4) is 28.6 Å². The number of benzene rings is 3. The molecule has 4 aromatic rings. The van der Waals surface area contributed by atoms with Gasteiger partial charge in [-0.2, -0.15) is 9.78 Å². The number of fused-ring (bicyclic) bond motifs is 1. The molecule has 42 heavy (non-hydrogen) atoms. The Kier molecular flexibility index (Phi) is 9.67. The van der Waals surface area contributed by atoms with Crippen molar-refractivity contribution in [1.82, 2.24) is 9.66 Å². The summed E-state index contributed by atoms with van der Waals surface area (Å²) in [4.78, 5) is 30.6. The molecule has 0 saturated heterocycles. The number of rotatable bonds is 10. The molecule has 0 unspecified atom stereocenters. The van der Waals surface area contributed by atoms with Gasteiger partial charge >= 0.3 is 5.97 Å². The van der Waals surface area contributed by atoms with Crippen LogP contribution in [0.1, 0.15) is 50.3 Å². The van der Waals surface area contributed by atoms with E-state index in [9.17, 15) is 9.59 Å².